The number of carboxylic acid groups (broad SMARTS) is 2. The summed E-state index contributed by atoms with van der Waals surface area (Å²) < 4.78 is 0. The Morgan fingerprint density at radius 2 is 0.643 bits per heavy atom. The molecule has 0 fully saturated rings. The molecule has 6 heteroatoms. The van der Waals surface area contributed by atoms with E-state index in [1.165, 1.54) is 154 Å². The van der Waals surface area contributed by atoms with Crippen molar-refractivity contribution in [2.75, 3.05) is 0 Å². The maximum absolute atomic E-state index is 10.3. The molecule has 0 aliphatic carbocycles. The topological polar surface area (TPSA) is 74.6 Å². The number of rotatable bonds is 31. The summed E-state index contributed by atoms with van der Waals surface area (Å²) in [6.07, 6.45) is 41.4. The minimum atomic E-state index is -0.664. The van der Waals surface area contributed by atoms with Gasteiger partial charge in [-0.15, -0.1) is 0 Å². The van der Waals surface area contributed by atoms with E-state index in [2.05, 4.69) is 26.0 Å². The van der Waals surface area contributed by atoms with E-state index in [4.69, 9.17) is 10.2 Å². The minimum Gasteiger partial charge on any atom is -1.00 e. The summed E-state index contributed by atoms with van der Waals surface area (Å²) >= 11 is 0. The van der Waals surface area contributed by atoms with Crippen molar-refractivity contribution in [1.82, 2.24) is 0 Å². The van der Waals surface area contributed by atoms with Gasteiger partial charge in [-0.3, -0.25) is 9.59 Å². The Kier molecular flexibility index (Phi) is 54.1. The monoisotopic (exact) mass is 617 g/mol. The Hall–Kier alpha value is 0.537. The second-order valence-corrected chi connectivity index (χ2v) is 11.8. The summed E-state index contributed by atoms with van der Waals surface area (Å²) in [6, 6.07) is 0. The van der Waals surface area contributed by atoms with E-state index in [0.717, 1.165) is 25.7 Å². The molecule has 0 saturated carbocycles. The van der Waals surface area contributed by atoms with Crippen LogP contribution in [0.3, 0.4) is 0 Å². The molecule has 0 bridgehead atoms. The smallest absolute Gasteiger partial charge is 1.00 e. The fourth-order valence-corrected chi connectivity index (χ4v) is 4.99. The molecule has 0 amide bonds. The van der Waals surface area contributed by atoms with E-state index in [1.54, 1.807) is 0 Å². The van der Waals surface area contributed by atoms with Crippen LogP contribution in [0.2, 0.25) is 0 Å². The van der Waals surface area contributed by atoms with E-state index >= 15 is 0 Å². The molecular formula is C36H73CaLiO4. The number of carbonyl (C=O) groups is 2. The second-order valence-electron chi connectivity index (χ2n) is 11.8. The van der Waals surface area contributed by atoms with Crippen LogP contribution in [-0.4, -0.2) is 59.9 Å². The van der Waals surface area contributed by atoms with Crippen LogP contribution in [0.1, 0.15) is 211 Å². The molecule has 0 aromatic rings. The zero-order valence-corrected chi connectivity index (χ0v) is 31.0. The van der Waals surface area contributed by atoms with Crippen molar-refractivity contribution in [2.24, 2.45) is 0 Å². The van der Waals surface area contributed by atoms with Gasteiger partial charge in [0.15, 0.2) is 0 Å². The van der Waals surface area contributed by atoms with E-state index in [1.807, 2.05) is 0 Å². The molecule has 42 heavy (non-hydrogen) atoms. The van der Waals surface area contributed by atoms with E-state index in [9.17, 15) is 9.59 Å². The van der Waals surface area contributed by atoms with Crippen molar-refractivity contribution in [2.45, 2.75) is 206 Å². The quantitative estimate of drug-likeness (QED) is 0.0462. The number of hydrogen-bond acceptors (Lipinski definition) is 2. The van der Waals surface area contributed by atoms with Gasteiger partial charge in [0.05, 0.1) is 0 Å². The number of carboxylic acids is 2. The van der Waals surface area contributed by atoms with Gasteiger partial charge in [0, 0.05) is 12.8 Å². The summed E-state index contributed by atoms with van der Waals surface area (Å²) in [5.74, 6) is -1.32. The van der Waals surface area contributed by atoms with E-state index < -0.39 is 11.9 Å². The molecule has 2 N–H and O–H groups in total. The van der Waals surface area contributed by atoms with Crippen LogP contribution in [0, 0.1) is 0 Å². The molecule has 0 saturated heterocycles. The Balaban J connectivity index is -0.000000116. The zero-order chi connectivity index (χ0) is 29.8. The van der Waals surface area contributed by atoms with Crippen LogP contribution < -0.4 is 18.9 Å². The molecule has 0 aromatic carbocycles. The largest absolute Gasteiger partial charge is 2.00 e. The molecule has 244 valence electrons. The number of hydrogen-bond donors (Lipinski definition) is 2. The van der Waals surface area contributed by atoms with Crippen molar-refractivity contribution in [3.05, 3.63) is 12.2 Å². The first-order chi connectivity index (χ1) is 19.5. The third kappa shape index (κ3) is 53.1. The summed E-state index contributed by atoms with van der Waals surface area (Å²) in [7, 11) is 0. The summed E-state index contributed by atoms with van der Waals surface area (Å²) in [5.41, 5.74) is 0. The molecule has 0 aliphatic heterocycles. The molecule has 0 atom stereocenters. The van der Waals surface area contributed by atoms with Crippen molar-refractivity contribution in [3.8, 4) is 0 Å². The predicted octanol–water partition coefficient (Wildman–Crippen LogP) is 9.40. The standard InChI is InChI=1S/C18H36O2.C18H34O2.Ca.Li.3H/c2*1-2-3-4-5-6-7-8-9-10-11-12-13-14-15-16-17-18(19)20;;;;;/h2-17H2,1H3,(H,19,20);9-10H,2-8,11-17H2,1H3,(H,19,20);;;;;/q;;+2;+1;3*-1/b;10-9-;;;;;. The predicted molar refractivity (Wildman–Crippen MR) is 183 cm³/mol. The fourth-order valence-electron chi connectivity index (χ4n) is 4.99. The van der Waals surface area contributed by atoms with Gasteiger partial charge in [0.2, 0.25) is 0 Å². The fraction of sp³-hybridized carbons (Fsp3) is 0.889. The van der Waals surface area contributed by atoms with Crippen LogP contribution in [0.15, 0.2) is 12.2 Å². The van der Waals surface area contributed by atoms with Crippen LogP contribution >= 0.6 is 0 Å². The van der Waals surface area contributed by atoms with Gasteiger partial charge in [-0.25, -0.2) is 0 Å². The maximum atomic E-state index is 10.3. The van der Waals surface area contributed by atoms with Crippen LogP contribution in [0.5, 0.6) is 0 Å². The van der Waals surface area contributed by atoms with E-state index in [0.29, 0.717) is 12.8 Å². The molecule has 0 heterocycles. The van der Waals surface area contributed by atoms with Gasteiger partial charge in [-0.2, -0.15) is 0 Å². The van der Waals surface area contributed by atoms with Crippen molar-refractivity contribution in [1.29, 1.82) is 0 Å². The summed E-state index contributed by atoms with van der Waals surface area (Å²) in [6.45, 7) is 4.53. The molecule has 0 spiro atoms. The third-order valence-electron chi connectivity index (χ3n) is 7.65. The summed E-state index contributed by atoms with van der Waals surface area (Å²) in [5, 5.41) is 17.0. The minimum absolute atomic E-state index is 0. The van der Waals surface area contributed by atoms with Gasteiger partial charge >= 0.3 is 68.5 Å². The van der Waals surface area contributed by atoms with Crippen LogP contribution in [0.4, 0.5) is 0 Å². The van der Waals surface area contributed by atoms with Crippen LogP contribution in [-0.2, 0) is 9.59 Å². The van der Waals surface area contributed by atoms with Gasteiger partial charge in [0.25, 0.3) is 0 Å². The first kappa shape index (κ1) is 49.4. The van der Waals surface area contributed by atoms with Crippen LogP contribution in [0.25, 0.3) is 0 Å². The van der Waals surface area contributed by atoms with E-state index in [-0.39, 0.29) is 60.9 Å². The first-order valence-electron chi connectivity index (χ1n) is 17.6. The molecule has 0 rings (SSSR count). The summed E-state index contributed by atoms with van der Waals surface area (Å²) in [4.78, 5) is 20.7. The third-order valence-corrected chi connectivity index (χ3v) is 7.65. The van der Waals surface area contributed by atoms with Gasteiger partial charge < -0.3 is 14.5 Å². The second kappa shape index (κ2) is 46.0. The van der Waals surface area contributed by atoms with Crippen molar-refractivity contribution >= 4 is 49.7 Å². The van der Waals surface area contributed by atoms with Crippen molar-refractivity contribution < 1.29 is 42.9 Å². The Bertz CT molecular complexity index is 558. The van der Waals surface area contributed by atoms with Gasteiger partial charge in [-0.1, -0.05) is 167 Å². The molecule has 0 unspecified atom stereocenters. The zero-order valence-electron chi connectivity index (χ0n) is 31.8. The average Bonchev–Trinajstić information content (AvgIpc) is 2.93. The SMILES string of the molecule is CCCCCCCC/C=C\CCCCCCCC(=O)O.CCCCCCCCCCCCCCCCCC(=O)O.[Ca+2].[H-].[H-].[H-].[Li+]. The Morgan fingerprint density at radius 1 is 0.429 bits per heavy atom. The van der Waals surface area contributed by atoms with Crippen molar-refractivity contribution in [3.63, 3.8) is 0 Å². The maximum Gasteiger partial charge on any atom is 2.00 e. The van der Waals surface area contributed by atoms with Gasteiger partial charge in [0.1, 0.15) is 0 Å². The first-order valence-corrected chi connectivity index (χ1v) is 17.6. The molecular weight excluding hydrogens is 543 g/mol. The Labute approximate surface area is 309 Å². The molecule has 4 nitrogen and oxygen atoms in total. The normalized spacial score (nSPS) is 10.5. The average molecular weight is 617 g/mol. The number of unbranched alkanes of at least 4 members (excludes halogenated alkanes) is 25. The number of allylic oxidation sites excluding steroid dienone is 2. The Morgan fingerprint density at radius 3 is 0.881 bits per heavy atom. The van der Waals surface area contributed by atoms with Gasteiger partial charge in [-0.05, 0) is 38.5 Å². The number of aliphatic carboxylic acids is 2. The molecule has 0 aliphatic rings. The molecule has 0 radical (unpaired) electrons. The molecule has 0 aromatic heterocycles.